The second-order valence-electron chi connectivity index (χ2n) is 18.2. The molecule has 5 heterocycles. The first-order valence-electron chi connectivity index (χ1n) is 24.0. The van der Waals surface area contributed by atoms with E-state index in [-0.39, 0.29) is 57.8 Å². The molecule has 8 bridgehead atoms. The summed E-state index contributed by atoms with van der Waals surface area (Å²) in [6, 6.07) is 68.1. The standard InChI is InChI=1S/C59H51N11O3S.ClH/c60-57(61)63-40-20-24-43(25-21-40)74(72,73)44-26-22-41(23-27-44)64-58(62)70-59(71)65-42-18-16-39(17-19-42)56-51-34-32-49(68-51)54(37-12-6-2-7-13-37)47-30-28-45(66-47)53(36-10-4-1-5-11-36)46-29-31-48(67-46)55(38-14-8-3-9-15-38)50-33-35-52(56)69-50;/h1-35,53-56,66-69H,(H4,60,61,63)(H4,62,64,65,70,71);1H. The van der Waals surface area contributed by atoms with E-state index >= 15 is 0 Å². The molecule has 14 nitrogen and oxygen atoms in total. The Kier molecular flexibility index (Phi) is 13.8. The van der Waals surface area contributed by atoms with Crippen molar-refractivity contribution in [2.75, 3.05) is 5.32 Å². The van der Waals surface area contributed by atoms with Crippen LogP contribution in [0.15, 0.2) is 232 Å². The molecule has 75 heavy (non-hydrogen) atoms. The van der Waals surface area contributed by atoms with Gasteiger partial charge in [-0.25, -0.2) is 23.2 Å². The quantitative estimate of drug-likeness (QED) is 0.0503. The third-order valence-corrected chi connectivity index (χ3v) is 15.1. The Labute approximate surface area is 439 Å². The number of urea groups is 1. The van der Waals surface area contributed by atoms with Crippen molar-refractivity contribution >= 4 is 57.3 Å². The number of amides is 2. The van der Waals surface area contributed by atoms with E-state index in [0.717, 1.165) is 62.2 Å². The number of halogens is 1. The van der Waals surface area contributed by atoms with Gasteiger partial charge in [-0.2, -0.15) is 0 Å². The highest BCUT2D eigenvalue weighted by atomic mass is 35.5. The van der Waals surface area contributed by atoms with Gasteiger partial charge in [0.05, 0.1) is 44.8 Å². The number of rotatable bonds is 9. The van der Waals surface area contributed by atoms with E-state index in [1.807, 2.05) is 36.4 Å². The smallest absolute Gasteiger partial charge is 0.325 e. The molecule has 12 N–H and O–H groups in total. The van der Waals surface area contributed by atoms with Crippen LogP contribution in [-0.4, -0.2) is 46.3 Å². The molecule has 1 aliphatic heterocycles. The van der Waals surface area contributed by atoms with Gasteiger partial charge in [0, 0.05) is 51.2 Å². The number of benzene rings is 6. The zero-order valence-electron chi connectivity index (χ0n) is 40.2. The molecule has 0 spiro atoms. The number of aliphatic imine (C=N–C) groups is 2. The lowest BCUT2D eigenvalue weighted by Gasteiger charge is -2.21. The fourth-order valence-corrected chi connectivity index (χ4v) is 11.3. The summed E-state index contributed by atoms with van der Waals surface area (Å²) in [5.41, 5.74) is 31.1. The van der Waals surface area contributed by atoms with Gasteiger partial charge in [-0.05, 0) is 131 Å². The molecule has 10 aromatic rings. The molecule has 374 valence electrons. The van der Waals surface area contributed by atoms with Crippen molar-refractivity contribution < 1.29 is 13.2 Å². The van der Waals surface area contributed by atoms with Crippen molar-refractivity contribution in [2.45, 2.75) is 33.5 Å². The fraction of sp³-hybridized carbons (Fsp3) is 0.0678. The number of carbonyl (C=O) groups excluding carboxylic acids is 1. The van der Waals surface area contributed by atoms with Crippen LogP contribution >= 0.6 is 12.4 Å². The second kappa shape index (κ2) is 21.0. The second-order valence-corrected chi connectivity index (χ2v) is 20.1. The fourth-order valence-electron chi connectivity index (χ4n) is 10.00. The number of aromatic amines is 4. The van der Waals surface area contributed by atoms with Gasteiger partial charge in [-0.3, -0.25) is 5.32 Å². The zero-order chi connectivity index (χ0) is 50.8. The van der Waals surface area contributed by atoms with E-state index in [2.05, 4.69) is 168 Å². The van der Waals surface area contributed by atoms with E-state index in [4.69, 9.17) is 17.2 Å². The minimum Gasteiger partial charge on any atom is -0.370 e. The van der Waals surface area contributed by atoms with Gasteiger partial charge in [0.1, 0.15) is 0 Å². The van der Waals surface area contributed by atoms with Crippen LogP contribution in [0.2, 0.25) is 0 Å². The maximum Gasteiger partial charge on any atom is 0.325 e. The van der Waals surface area contributed by atoms with E-state index < -0.39 is 15.9 Å². The van der Waals surface area contributed by atoms with Crippen molar-refractivity contribution in [3.05, 3.63) is 280 Å². The van der Waals surface area contributed by atoms with Gasteiger partial charge in [0.2, 0.25) is 15.8 Å². The number of guanidine groups is 2. The van der Waals surface area contributed by atoms with Crippen molar-refractivity contribution in [3.8, 4) is 0 Å². The first-order chi connectivity index (χ1) is 36.0. The Balaban J connectivity index is 0.00000641. The first kappa shape index (κ1) is 49.3. The molecule has 2 unspecified atom stereocenters. The van der Waals surface area contributed by atoms with Gasteiger partial charge >= 0.3 is 6.03 Å². The summed E-state index contributed by atoms with van der Waals surface area (Å²) in [6.07, 6.45) is 0. The number of carbonyl (C=O) groups is 1. The summed E-state index contributed by atoms with van der Waals surface area (Å²) < 4.78 is 26.6. The number of hydrogen-bond donors (Lipinski definition) is 9. The molecule has 0 saturated heterocycles. The molecular weight excluding hydrogens is 978 g/mol. The van der Waals surface area contributed by atoms with Crippen LogP contribution in [0.4, 0.5) is 21.9 Å². The van der Waals surface area contributed by atoms with Crippen LogP contribution in [0.5, 0.6) is 0 Å². The van der Waals surface area contributed by atoms with Crippen molar-refractivity contribution in [3.63, 3.8) is 0 Å². The van der Waals surface area contributed by atoms with Gasteiger partial charge < -0.3 is 42.5 Å². The Morgan fingerprint density at radius 1 is 0.400 bits per heavy atom. The zero-order valence-corrected chi connectivity index (χ0v) is 41.8. The number of sulfone groups is 1. The molecule has 0 saturated carbocycles. The summed E-state index contributed by atoms with van der Waals surface area (Å²) >= 11 is 0. The van der Waals surface area contributed by atoms with Crippen LogP contribution in [0.25, 0.3) is 0 Å². The molecule has 0 radical (unpaired) electrons. The third kappa shape index (κ3) is 10.4. The number of nitrogens with zero attached hydrogens (tertiary/aromatic N) is 2. The van der Waals surface area contributed by atoms with Gasteiger partial charge in [-0.15, -0.1) is 12.4 Å². The molecule has 0 aliphatic carbocycles. The summed E-state index contributed by atoms with van der Waals surface area (Å²) in [4.78, 5) is 37.2. The van der Waals surface area contributed by atoms with Gasteiger partial charge in [0.25, 0.3) is 0 Å². The van der Waals surface area contributed by atoms with Gasteiger partial charge in [0.15, 0.2) is 5.96 Å². The minimum absolute atomic E-state index is 0. The highest BCUT2D eigenvalue weighted by Crippen LogP contribution is 2.41. The number of aromatic nitrogens is 4. The molecule has 11 rings (SSSR count). The highest BCUT2D eigenvalue weighted by molar-refractivity contribution is 7.91. The lowest BCUT2D eigenvalue weighted by atomic mass is 9.92. The average molecular weight is 1030 g/mol. The molecule has 4 aromatic heterocycles. The molecular formula is C59H52ClN11O3S. The lowest BCUT2D eigenvalue weighted by Crippen LogP contribution is -2.39. The third-order valence-electron chi connectivity index (χ3n) is 13.4. The maximum atomic E-state index is 13.3. The van der Waals surface area contributed by atoms with Crippen LogP contribution in [0, 0.1) is 0 Å². The maximum absolute atomic E-state index is 13.3. The highest BCUT2D eigenvalue weighted by Gasteiger charge is 2.30. The Bertz CT molecular complexity index is 3630. The monoisotopic (exact) mass is 1030 g/mol. The number of fused-ring (bicyclic) bond motifs is 8. The predicted octanol–water partition coefficient (Wildman–Crippen LogP) is 11.0. The predicted molar refractivity (Wildman–Crippen MR) is 297 cm³/mol. The Morgan fingerprint density at radius 3 is 1.03 bits per heavy atom. The molecule has 0 fully saturated rings. The number of H-pyrrole nitrogens is 4. The summed E-state index contributed by atoms with van der Waals surface area (Å²) in [7, 11) is -3.85. The van der Waals surface area contributed by atoms with Crippen LogP contribution in [-0.2, 0) is 9.84 Å². The van der Waals surface area contributed by atoms with E-state index in [1.165, 1.54) is 54.1 Å². The number of anilines is 1. The molecule has 16 heteroatoms. The summed E-state index contributed by atoms with van der Waals surface area (Å²) in [6.45, 7) is 0. The van der Waals surface area contributed by atoms with Crippen LogP contribution in [0.3, 0.4) is 0 Å². The SMILES string of the molecule is Cl.NC(N)=Nc1ccc(S(=O)(=O)c2ccc(N=C(N)NC(=O)Nc3ccc(C4c5ccc([nH]5)C(c5ccccc5)c5ccc([nH]5)C(c5ccccc5)c5ccc([nH]5)C(c5ccccc5)c5ccc4[nH]5)cc3)cc2)cc1. The molecule has 2 amide bonds. The van der Waals surface area contributed by atoms with E-state index in [1.54, 1.807) is 0 Å². The molecule has 6 aromatic carbocycles. The van der Waals surface area contributed by atoms with Crippen LogP contribution < -0.4 is 27.8 Å². The number of nitrogens with two attached hydrogens (primary N) is 3. The van der Waals surface area contributed by atoms with E-state index in [0.29, 0.717) is 17.1 Å². The molecule has 1 aliphatic rings. The van der Waals surface area contributed by atoms with Crippen LogP contribution in [0.1, 0.15) is 91.5 Å². The van der Waals surface area contributed by atoms with Crippen molar-refractivity contribution in [1.29, 1.82) is 0 Å². The van der Waals surface area contributed by atoms with E-state index in [9.17, 15) is 13.2 Å². The van der Waals surface area contributed by atoms with Gasteiger partial charge in [-0.1, -0.05) is 103 Å². The minimum atomic E-state index is -3.85. The first-order valence-corrected chi connectivity index (χ1v) is 25.5. The Hall–Kier alpha value is -9.31. The topological polar surface area (TPSA) is 241 Å². The van der Waals surface area contributed by atoms with Crippen molar-refractivity contribution in [1.82, 2.24) is 25.3 Å². The summed E-state index contributed by atoms with van der Waals surface area (Å²) in [5.74, 6) is -0.923. The largest absolute Gasteiger partial charge is 0.370 e. The number of hydrogen-bond acceptors (Lipinski definition) is 5. The average Bonchev–Trinajstić information content (AvgIpc) is 4.27. The summed E-state index contributed by atoms with van der Waals surface area (Å²) in [5, 5.41) is 5.42. The Morgan fingerprint density at radius 2 is 0.707 bits per heavy atom. The normalized spacial score (nSPS) is 16.3. The number of nitrogens with one attached hydrogen (secondary N) is 6. The van der Waals surface area contributed by atoms with Crippen molar-refractivity contribution in [2.24, 2.45) is 27.2 Å². The lowest BCUT2D eigenvalue weighted by molar-refractivity contribution is 0.256. The molecule has 2 atom stereocenters.